The smallest absolute Gasteiger partial charge is 0.412 e. The van der Waals surface area contributed by atoms with Crippen molar-refractivity contribution in [1.82, 2.24) is 0 Å². The monoisotopic (exact) mass is 472 g/mol. The molecule has 178 valence electrons. The highest BCUT2D eigenvalue weighted by Crippen LogP contribution is 2.38. The fourth-order valence-corrected chi connectivity index (χ4v) is 3.72. The van der Waals surface area contributed by atoms with Crippen molar-refractivity contribution in [2.75, 3.05) is 10.6 Å². The Kier molecular flexibility index (Phi) is 6.33. The van der Waals surface area contributed by atoms with Crippen LogP contribution < -0.4 is 10.6 Å². The quantitative estimate of drug-likeness (QED) is 0.276. The van der Waals surface area contributed by atoms with Crippen molar-refractivity contribution in [1.29, 1.82) is 0 Å². The predicted octanol–water partition coefficient (Wildman–Crippen LogP) is 5.80. The van der Waals surface area contributed by atoms with E-state index < -0.39 is 22.5 Å². The summed E-state index contributed by atoms with van der Waals surface area (Å²) in [5.41, 5.74) is 2.53. The number of non-ortho nitro benzene ring substituents is 1. The van der Waals surface area contributed by atoms with Gasteiger partial charge in [-0.1, -0.05) is 30.3 Å². The number of aliphatic imine (C=N–C) groups is 1. The van der Waals surface area contributed by atoms with Gasteiger partial charge in [-0.15, -0.1) is 0 Å². The molecule has 0 bridgehead atoms. The van der Waals surface area contributed by atoms with Gasteiger partial charge in [0.2, 0.25) is 5.91 Å². The van der Waals surface area contributed by atoms with Crippen molar-refractivity contribution in [2.24, 2.45) is 4.99 Å². The molecule has 2 amide bonds. The van der Waals surface area contributed by atoms with Gasteiger partial charge in [0.1, 0.15) is 11.5 Å². The maximum absolute atomic E-state index is 13.0. The summed E-state index contributed by atoms with van der Waals surface area (Å²) in [6.45, 7) is 5.34. The number of rotatable bonds is 5. The van der Waals surface area contributed by atoms with E-state index in [1.165, 1.54) is 18.2 Å². The molecule has 4 rings (SSSR count). The minimum atomic E-state index is -0.827. The number of nitro groups is 1. The number of nitrogens with one attached hydrogen (secondary N) is 2. The maximum Gasteiger partial charge on any atom is 0.412 e. The molecular formula is C26H24N4O5. The van der Waals surface area contributed by atoms with Gasteiger partial charge in [-0.25, -0.2) is 4.79 Å². The van der Waals surface area contributed by atoms with Gasteiger partial charge >= 0.3 is 6.09 Å². The summed E-state index contributed by atoms with van der Waals surface area (Å²) in [7, 11) is 0. The standard InChI is InChI=1S/C26H24N4O5/c1-26(2,3)35-25(32)28-18-11-9-17(10-12-18)27-23(16-7-5-4-6-8-16)22-20-15-19(30(33)34)13-14-21(20)29-24(22)31/h4-15,22H,1-3H3,(H,28,32)(H,29,31). The zero-order valence-corrected chi connectivity index (χ0v) is 19.4. The van der Waals surface area contributed by atoms with E-state index in [1.54, 1.807) is 45.0 Å². The minimum Gasteiger partial charge on any atom is -0.444 e. The molecular weight excluding hydrogens is 448 g/mol. The van der Waals surface area contributed by atoms with Crippen LogP contribution in [0.2, 0.25) is 0 Å². The molecule has 35 heavy (non-hydrogen) atoms. The lowest BCUT2D eigenvalue weighted by Gasteiger charge is -2.19. The summed E-state index contributed by atoms with van der Waals surface area (Å²) in [6.07, 6.45) is -0.570. The Labute approximate surface area is 202 Å². The van der Waals surface area contributed by atoms with E-state index in [0.29, 0.717) is 33.9 Å². The van der Waals surface area contributed by atoms with E-state index in [4.69, 9.17) is 9.73 Å². The Morgan fingerprint density at radius 1 is 1.06 bits per heavy atom. The van der Waals surface area contributed by atoms with Crippen LogP contribution in [-0.2, 0) is 9.53 Å². The second-order valence-electron chi connectivity index (χ2n) is 8.99. The first-order valence-corrected chi connectivity index (χ1v) is 10.9. The molecule has 3 aromatic rings. The molecule has 9 heteroatoms. The molecule has 0 aromatic heterocycles. The summed E-state index contributed by atoms with van der Waals surface area (Å²) in [6, 6.07) is 20.3. The average Bonchev–Trinajstić information content (AvgIpc) is 3.12. The average molecular weight is 473 g/mol. The highest BCUT2D eigenvalue weighted by molar-refractivity contribution is 6.24. The first kappa shape index (κ1) is 23.6. The van der Waals surface area contributed by atoms with Gasteiger partial charge < -0.3 is 10.1 Å². The molecule has 0 aliphatic carbocycles. The fourth-order valence-electron chi connectivity index (χ4n) is 3.72. The second kappa shape index (κ2) is 9.38. The molecule has 0 spiro atoms. The topological polar surface area (TPSA) is 123 Å². The number of benzene rings is 3. The van der Waals surface area contributed by atoms with Gasteiger partial charge in [0, 0.05) is 29.1 Å². The van der Waals surface area contributed by atoms with Crippen molar-refractivity contribution in [3.05, 3.63) is 94.0 Å². The third-order valence-corrected chi connectivity index (χ3v) is 5.18. The first-order valence-electron chi connectivity index (χ1n) is 10.9. The summed E-state index contributed by atoms with van der Waals surface area (Å²) >= 11 is 0. The number of carbonyl (C=O) groups excluding carboxylic acids is 2. The molecule has 3 aromatic carbocycles. The van der Waals surface area contributed by atoms with E-state index in [-0.39, 0.29) is 11.6 Å². The number of anilines is 2. The van der Waals surface area contributed by atoms with Gasteiger partial charge in [0.25, 0.3) is 5.69 Å². The molecule has 0 radical (unpaired) electrons. The lowest BCUT2D eigenvalue weighted by Crippen LogP contribution is -2.27. The lowest BCUT2D eigenvalue weighted by atomic mass is 9.90. The molecule has 0 saturated carbocycles. The fraction of sp³-hybridized carbons (Fsp3) is 0.192. The molecule has 1 atom stereocenters. The molecule has 1 heterocycles. The lowest BCUT2D eigenvalue weighted by molar-refractivity contribution is -0.384. The first-order chi connectivity index (χ1) is 16.6. The van der Waals surface area contributed by atoms with Crippen LogP contribution in [0.5, 0.6) is 0 Å². The van der Waals surface area contributed by atoms with E-state index in [2.05, 4.69) is 10.6 Å². The third-order valence-electron chi connectivity index (χ3n) is 5.18. The Balaban J connectivity index is 1.70. The van der Waals surface area contributed by atoms with E-state index >= 15 is 0 Å². The van der Waals surface area contributed by atoms with Crippen molar-refractivity contribution in [3.8, 4) is 0 Å². The van der Waals surface area contributed by atoms with Crippen LogP contribution >= 0.6 is 0 Å². The molecule has 0 fully saturated rings. The SMILES string of the molecule is CC(C)(C)OC(=O)Nc1ccc(N=C(c2ccccc2)C2C(=O)Nc3ccc([N+](=O)[O-])cc32)cc1. The Hall–Kier alpha value is -4.53. The minimum absolute atomic E-state index is 0.102. The summed E-state index contributed by atoms with van der Waals surface area (Å²) in [5.74, 6) is -1.14. The van der Waals surface area contributed by atoms with Crippen molar-refractivity contribution in [2.45, 2.75) is 32.3 Å². The van der Waals surface area contributed by atoms with Gasteiger partial charge in [0.15, 0.2) is 0 Å². The van der Waals surface area contributed by atoms with Gasteiger partial charge in [-0.2, -0.15) is 0 Å². The van der Waals surface area contributed by atoms with Crippen LogP contribution in [0.15, 0.2) is 77.8 Å². The van der Waals surface area contributed by atoms with E-state index in [9.17, 15) is 19.7 Å². The zero-order chi connectivity index (χ0) is 25.2. The number of hydrogen-bond acceptors (Lipinski definition) is 6. The van der Waals surface area contributed by atoms with Crippen LogP contribution in [0.3, 0.4) is 0 Å². The number of hydrogen-bond donors (Lipinski definition) is 2. The Morgan fingerprint density at radius 3 is 2.37 bits per heavy atom. The van der Waals surface area contributed by atoms with Gasteiger partial charge in [-0.05, 0) is 56.7 Å². The highest BCUT2D eigenvalue weighted by Gasteiger charge is 2.36. The summed E-state index contributed by atoms with van der Waals surface area (Å²) in [4.78, 5) is 40.6. The number of nitro benzene ring substituents is 1. The normalized spacial score (nSPS) is 15.2. The largest absolute Gasteiger partial charge is 0.444 e. The van der Waals surface area contributed by atoms with Gasteiger partial charge in [0.05, 0.1) is 16.3 Å². The third kappa shape index (κ3) is 5.52. The molecule has 2 N–H and O–H groups in total. The molecule has 9 nitrogen and oxygen atoms in total. The molecule has 1 unspecified atom stereocenters. The van der Waals surface area contributed by atoms with E-state index in [0.717, 1.165) is 0 Å². The van der Waals surface area contributed by atoms with Crippen molar-refractivity contribution in [3.63, 3.8) is 0 Å². The summed E-state index contributed by atoms with van der Waals surface area (Å²) < 4.78 is 5.26. The Morgan fingerprint density at radius 2 is 1.74 bits per heavy atom. The number of amides is 2. The van der Waals surface area contributed by atoms with Crippen molar-refractivity contribution >= 4 is 40.5 Å². The molecule has 0 saturated heterocycles. The zero-order valence-electron chi connectivity index (χ0n) is 19.4. The molecule has 1 aliphatic heterocycles. The number of carbonyl (C=O) groups is 2. The van der Waals surface area contributed by atoms with Crippen LogP contribution in [0.25, 0.3) is 0 Å². The number of nitrogens with zero attached hydrogens (tertiary/aromatic N) is 2. The summed E-state index contributed by atoms with van der Waals surface area (Å²) in [5, 5.41) is 16.8. The van der Waals surface area contributed by atoms with Crippen LogP contribution in [0.4, 0.5) is 27.5 Å². The van der Waals surface area contributed by atoms with Crippen LogP contribution in [0.1, 0.15) is 37.8 Å². The van der Waals surface area contributed by atoms with Crippen LogP contribution in [0, 0.1) is 10.1 Å². The maximum atomic E-state index is 13.0. The Bertz CT molecular complexity index is 1310. The second-order valence-corrected chi connectivity index (χ2v) is 8.99. The number of fused-ring (bicyclic) bond motifs is 1. The number of ether oxygens (including phenoxy) is 1. The molecule has 1 aliphatic rings. The van der Waals surface area contributed by atoms with Crippen LogP contribution in [-0.4, -0.2) is 28.2 Å². The predicted molar refractivity (Wildman–Crippen MR) is 133 cm³/mol. The highest BCUT2D eigenvalue weighted by atomic mass is 16.6. The van der Waals surface area contributed by atoms with Gasteiger partial charge in [-0.3, -0.25) is 25.2 Å². The van der Waals surface area contributed by atoms with Crippen molar-refractivity contribution < 1.29 is 19.2 Å². The van der Waals surface area contributed by atoms with E-state index in [1.807, 2.05) is 30.3 Å².